The number of benzene rings is 1. The Hall–Kier alpha value is -1.02. The summed E-state index contributed by atoms with van der Waals surface area (Å²) in [7, 11) is 3.62. The van der Waals surface area contributed by atoms with Crippen LogP contribution in [0.3, 0.4) is 0 Å². The van der Waals surface area contributed by atoms with E-state index in [9.17, 15) is 0 Å². The maximum atomic E-state index is 5.57. The number of rotatable bonds is 5. The van der Waals surface area contributed by atoms with Gasteiger partial charge in [0, 0.05) is 48.7 Å². The minimum absolute atomic E-state index is 0. The Bertz CT molecular complexity index is 693. The van der Waals surface area contributed by atoms with Crippen LogP contribution in [0.15, 0.2) is 29.3 Å². The molecule has 4 unspecified atom stereocenters. The number of guanidine groups is 1. The fraction of sp³-hybridized carbons (Fsp3) is 0.667. The van der Waals surface area contributed by atoms with Crippen molar-refractivity contribution in [1.82, 2.24) is 15.5 Å². The zero-order chi connectivity index (χ0) is 18.3. The summed E-state index contributed by atoms with van der Waals surface area (Å²) in [4.78, 5) is 7.16. The molecule has 2 aliphatic carbocycles. The predicted octanol–water partition coefficient (Wildman–Crippen LogP) is 3.13. The summed E-state index contributed by atoms with van der Waals surface area (Å²) in [5.41, 5.74) is 1.39. The highest BCUT2D eigenvalue weighted by Crippen LogP contribution is 2.50. The maximum Gasteiger partial charge on any atom is 0.191 e. The molecule has 0 spiro atoms. The molecule has 3 aliphatic rings. The van der Waals surface area contributed by atoms with E-state index in [1.54, 1.807) is 7.11 Å². The van der Waals surface area contributed by atoms with Crippen molar-refractivity contribution in [2.24, 2.45) is 4.99 Å². The molecule has 4 atom stereocenters. The van der Waals surface area contributed by atoms with Crippen LogP contribution in [-0.2, 0) is 5.41 Å². The van der Waals surface area contributed by atoms with Gasteiger partial charge in [0.2, 0.25) is 0 Å². The van der Waals surface area contributed by atoms with Gasteiger partial charge in [-0.05, 0) is 38.7 Å². The van der Waals surface area contributed by atoms with Crippen LogP contribution in [0.5, 0.6) is 5.75 Å². The molecule has 1 aromatic rings. The third-order valence-electron chi connectivity index (χ3n) is 6.47. The molecule has 1 aromatic carbocycles. The molecule has 0 aromatic heterocycles. The molecule has 27 heavy (non-hydrogen) atoms. The molecule has 6 heteroatoms. The number of methoxy groups -OCH3 is 1. The van der Waals surface area contributed by atoms with Crippen molar-refractivity contribution in [3.63, 3.8) is 0 Å². The first-order valence-electron chi connectivity index (χ1n) is 9.94. The summed E-state index contributed by atoms with van der Waals surface area (Å²) >= 11 is 0. The number of hydrogen-bond acceptors (Lipinski definition) is 3. The van der Waals surface area contributed by atoms with Gasteiger partial charge in [-0.3, -0.25) is 9.89 Å². The molecule has 1 saturated heterocycles. The van der Waals surface area contributed by atoms with E-state index in [2.05, 4.69) is 52.6 Å². The standard InChI is InChI=1S/C21H32N4O.HI/c1-14-11-15(13-25(14)16-9-10-16)23-20(22-3)24-19-12-21(19,2)17-7-5-6-8-18(17)26-4;/h5-8,14-16,19H,9-13H2,1-4H3,(H2,22,23,24);1H. The molecule has 2 saturated carbocycles. The largest absolute Gasteiger partial charge is 0.496 e. The topological polar surface area (TPSA) is 48.9 Å². The van der Waals surface area contributed by atoms with Gasteiger partial charge in [0.05, 0.1) is 7.11 Å². The fourth-order valence-electron chi connectivity index (χ4n) is 4.59. The van der Waals surface area contributed by atoms with Crippen LogP contribution >= 0.6 is 24.0 Å². The van der Waals surface area contributed by atoms with Crippen LogP contribution in [0.2, 0.25) is 0 Å². The Morgan fingerprint density at radius 3 is 2.67 bits per heavy atom. The van der Waals surface area contributed by atoms with Gasteiger partial charge in [0.25, 0.3) is 0 Å². The molecule has 1 aliphatic heterocycles. The van der Waals surface area contributed by atoms with Crippen LogP contribution in [0.25, 0.3) is 0 Å². The van der Waals surface area contributed by atoms with E-state index in [4.69, 9.17) is 4.74 Å². The van der Waals surface area contributed by atoms with E-state index in [-0.39, 0.29) is 29.4 Å². The molecular formula is C21H33IN4O. The van der Waals surface area contributed by atoms with Crippen molar-refractivity contribution < 1.29 is 4.74 Å². The quantitative estimate of drug-likeness (QED) is 0.383. The van der Waals surface area contributed by atoms with Gasteiger partial charge in [-0.15, -0.1) is 24.0 Å². The lowest BCUT2D eigenvalue weighted by molar-refractivity contribution is 0.256. The summed E-state index contributed by atoms with van der Waals surface area (Å²) in [5, 5.41) is 7.31. The molecule has 2 N–H and O–H groups in total. The number of likely N-dealkylation sites (tertiary alicyclic amines) is 1. The van der Waals surface area contributed by atoms with Crippen LogP contribution in [0.1, 0.15) is 45.1 Å². The van der Waals surface area contributed by atoms with Gasteiger partial charge in [-0.25, -0.2) is 0 Å². The van der Waals surface area contributed by atoms with E-state index in [1.807, 2.05) is 13.1 Å². The van der Waals surface area contributed by atoms with E-state index >= 15 is 0 Å². The molecule has 0 bridgehead atoms. The molecule has 1 heterocycles. The predicted molar refractivity (Wildman–Crippen MR) is 121 cm³/mol. The van der Waals surface area contributed by atoms with Gasteiger partial charge in [-0.1, -0.05) is 25.1 Å². The van der Waals surface area contributed by atoms with Crippen molar-refractivity contribution >= 4 is 29.9 Å². The SMILES string of the molecule is CN=C(NC1CC(C)N(C2CC2)C1)NC1CC1(C)c1ccccc1OC.I. The normalized spacial score (nSPS) is 33.3. The van der Waals surface area contributed by atoms with Crippen molar-refractivity contribution in [2.75, 3.05) is 20.7 Å². The van der Waals surface area contributed by atoms with Crippen LogP contribution in [0, 0.1) is 0 Å². The number of ether oxygens (including phenoxy) is 1. The lowest BCUT2D eigenvalue weighted by Crippen LogP contribution is -2.46. The van der Waals surface area contributed by atoms with Crippen molar-refractivity contribution in [3.05, 3.63) is 29.8 Å². The minimum Gasteiger partial charge on any atom is -0.496 e. The summed E-state index contributed by atoms with van der Waals surface area (Å²) < 4.78 is 5.57. The van der Waals surface area contributed by atoms with Crippen molar-refractivity contribution in [3.8, 4) is 5.75 Å². The Morgan fingerprint density at radius 2 is 2.00 bits per heavy atom. The van der Waals surface area contributed by atoms with Crippen LogP contribution < -0.4 is 15.4 Å². The zero-order valence-electron chi connectivity index (χ0n) is 16.9. The second kappa shape index (κ2) is 8.15. The van der Waals surface area contributed by atoms with E-state index < -0.39 is 0 Å². The smallest absolute Gasteiger partial charge is 0.191 e. The van der Waals surface area contributed by atoms with E-state index in [0.717, 1.165) is 30.7 Å². The highest BCUT2D eigenvalue weighted by molar-refractivity contribution is 14.0. The zero-order valence-corrected chi connectivity index (χ0v) is 19.2. The van der Waals surface area contributed by atoms with E-state index in [1.165, 1.54) is 24.8 Å². The second-order valence-corrected chi connectivity index (χ2v) is 8.44. The van der Waals surface area contributed by atoms with Gasteiger partial charge < -0.3 is 15.4 Å². The molecule has 4 rings (SSSR count). The summed E-state index contributed by atoms with van der Waals surface area (Å²) in [6, 6.07) is 10.8. The Kier molecular flexibility index (Phi) is 6.25. The lowest BCUT2D eigenvalue weighted by Gasteiger charge is -2.21. The number of hydrogen-bond donors (Lipinski definition) is 2. The number of nitrogens with zero attached hydrogens (tertiary/aromatic N) is 2. The van der Waals surface area contributed by atoms with Gasteiger partial charge in [0.1, 0.15) is 5.75 Å². The van der Waals surface area contributed by atoms with E-state index in [0.29, 0.717) is 18.1 Å². The molecule has 5 nitrogen and oxygen atoms in total. The number of halogens is 1. The molecule has 3 fully saturated rings. The highest BCUT2D eigenvalue weighted by Gasteiger charge is 2.53. The Morgan fingerprint density at radius 1 is 1.26 bits per heavy atom. The van der Waals surface area contributed by atoms with Gasteiger partial charge >= 0.3 is 0 Å². The monoisotopic (exact) mass is 484 g/mol. The number of aliphatic imine (C=N–C) groups is 1. The molecule has 0 amide bonds. The molecule has 150 valence electrons. The van der Waals surface area contributed by atoms with Crippen molar-refractivity contribution in [2.45, 2.75) is 69.1 Å². The van der Waals surface area contributed by atoms with Crippen LogP contribution in [0.4, 0.5) is 0 Å². The van der Waals surface area contributed by atoms with Gasteiger partial charge in [-0.2, -0.15) is 0 Å². The summed E-state index contributed by atoms with van der Waals surface area (Å²) in [5.74, 6) is 1.91. The number of nitrogens with one attached hydrogen (secondary N) is 2. The Balaban J connectivity index is 0.00000210. The third-order valence-corrected chi connectivity index (χ3v) is 6.47. The maximum absolute atomic E-state index is 5.57. The van der Waals surface area contributed by atoms with Gasteiger partial charge in [0.15, 0.2) is 5.96 Å². The first-order valence-corrected chi connectivity index (χ1v) is 9.94. The average molecular weight is 484 g/mol. The first-order chi connectivity index (χ1) is 12.5. The van der Waals surface area contributed by atoms with Crippen LogP contribution in [-0.4, -0.2) is 55.7 Å². The lowest BCUT2D eigenvalue weighted by atomic mass is 9.96. The van der Waals surface area contributed by atoms with Crippen molar-refractivity contribution in [1.29, 1.82) is 0 Å². The molecular weight excluding hydrogens is 451 g/mol. The first kappa shape index (κ1) is 20.7. The molecule has 0 radical (unpaired) electrons. The highest BCUT2D eigenvalue weighted by atomic mass is 127. The minimum atomic E-state index is 0. The third kappa shape index (κ3) is 4.21. The number of para-hydroxylation sites is 1. The summed E-state index contributed by atoms with van der Waals surface area (Å²) in [6.07, 6.45) is 5.06. The fourth-order valence-corrected chi connectivity index (χ4v) is 4.59. The second-order valence-electron chi connectivity index (χ2n) is 8.44. The Labute approximate surface area is 180 Å². The summed E-state index contributed by atoms with van der Waals surface area (Å²) in [6.45, 7) is 5.80. The average Bonchev–Trinajstić information content (AvgIpc) is 3.56.